The standard InChI is InChI=1S/C11H22OS.C9H18O2.C6H12.C3H6.C2H6/c1-8-5-9(7-11(2,3)4)12-10(13)6-8;1-6-8(9(3,4)5)11-7(2)10;1-4-5-6(2)3;1-3-2;1-2/h8-10,13H,5-7H2,1-4H3;8H,6H2,1-5H3;4-6H,1-3H3;3H,1H2,2H3;1-2H3/b;;5-4-;;. The summed E-state index contributed by atoms with van der Waals surface area (Å²) in [6, 6.07) is 0. The molecule has 4 atom stereocenters. The van der Waals surface area contributed by atoms with Crippen molar-refractivity contribution < 1.29 is 14.3 Å². The second-order valence-corrected chi connectivity index (χ2v) is 12.2. The summed E-state index contributed by atoms with van der Waals surface area (Å²) in [5.74, 6) is 1.30. The Morgan fingerprint density at radius 3 is 1.77 bits per heavy atom. The Labute approximate surface area is 227 Å². The third-order valence-corrected chi connectivity index (χ3v) is 5.01. The molecule has 0 aliphatic carbocycles. The van der Waals surface area contributed by atoms with E-state index in [1.54, 1.807) is 6.08 Å². The van der Waals surface area contributed by atoms with Crippen LogP contribution in [0, 0.1) is 22.7 Å². The van der Waals surface area contributed by atoms with E-state index in [0.717, 1.165) is 31.1 Å². The number of carbonyl (C=O) groups excluding carboxylic acids is 1. The molecule has 212 valence electrons. The van der Waals surface area contributed by atoms with Gasteiger partial charge in [0.05, 0.1) is 6.10 Å². The van der Waals surface area contributed by atoms with Gasteiger partial charge >= 0.3 is 5.97 Å². The summed E-state index contributed by atoms with van der Waals surface area (Å²) in [6.45, 7) is 34.4. The molecule has 1 saturated heterocycles. The third kappa shape index (κ3) is 33.3. The number of hydrogen-bond acceptors (Lipinski definition) is 4. The smallest absolute Gasteiger partial charge is 0.302 e. The fourth-order valence-electron chi connectivity index (χ4n) is 3.49. The van der Waals surface area contributed by atoms with E-state index in [0.29, 0.717) is 11.5 Å². The molecular weight excluding hydrogens is 452 g/mol. The summed E-state index contributed by atoms with van der Waals surface area (Å²) in [5, 5.41) is 0. The van der Waals surface area contributed by atoms with Crippen molar-refractivity contribution >= 4 is 18.6 Å². The Morgan fingerprint density at radius 2 is 1.57 bits per heavy atom. The molecule has 1 aliphatic rings. The van der Waals surface area contributed by atoms with Crippen LogP contribution in [0.15, 0.2) is 24.8 Å². The fraction of sp³-hybridized carbons (Fsp3) is 0.839. The van der Waals surface area contributed by atoms with Crippen molar-refractivity contribution in [2.75, 3.05) is 0 Å². The summed E-state index contributed by atoms with van der Waals surface area (Å²) in [5.41, 5.74) is 0.589. The Bertz CT molecular complexity index is 502. The summed E-state index contributed by atoms with van der Waals surface area (Å²) < 4.78 is 10.9. The van der Waals surface area contributed by atoms with Crippen LogP contribution in [0.3, 0.4) is 0 Å². The molecule has 4 unspecified atom stereocenters. The normalized spacial score (nSPS) is 20.4. The lowest BCUT2D eigenvalue weighted by Crippen LogP contribution is -2.31. The highest BCUT2D eigenvalue weighted by atomic mass is 32.1. The van der Waals surface area contributed by atoms with E-state index in [9.17, 15) is 4.79 Å². The monoisotopic (exact) mass is 516 g/mol. The molecule has 1 rings (SSSR count). The molecule has 0 radical (unpaired) electrons. The van der Waals surface area contributed by atoms with E-state index in [1.807, 2.05) is 34.6 Å². The maximum atomic E-state index is 10.6. The SMILES string of the molecule is C/C=C\C(C)C.C=CC.CC.CC1CC(S)OC(CC(C)(C)C)C1.CCC(OC(C)=O)C(C)(C)C. The van der Waals surface area contributed by atoms with Crippen LogP contribution in [-0.4, -0.2) is 23.6 Å². The lowest BCUT2D eigenvalue weighted by atomic mass is 9.84. The maximum absolute atomic E-state index is 10.6. The van der Waals surface area contributed by atoms with Gasteiger partial charge in [0, 0.05) is 6.92 Å². The number of ether oxygens (including phenoxy) is 2. The van der Waals surface area contributed by atoms with Gasteiger partial charge in [0.25, 0.3) is 0 Å². The van der Waals surface area contributed by atoms with Gasteiger partial charge in [-0.25, -0.2) is 0 Å². The Balaban J connectivity index is -0.000000197. The zero-order valence-corrected chi connectivity index (χ0v) is 27.2. The molecule has 0 N–H and O–H groups in total. The summed E-state index contributed by atoms with van der Waals surface area (Å²) in [7, 11) is 0. The van der Waals surface area contributed by atoms with Crippen molar-refractivity contribution in [2.24, 2.45) is 22.7 Å². The first-order valence-corrected chi connectivity index (χ1v) is 14.2. The molecular formula is C31H64O3S. The lowest BCUT2D eigenvalue weighted by molar-refractivity contribution is -0.152. The first-order chi connectivity index (χ1) is 15.9. The molecule has 1 aliphatic heterocycles. The third-order valence-electron chi connectivity index (χ3n) is 4.68. The highest BCUT2D eigenvalue weighted by Gasteiger charge is 2.28. The molecule has 3 nitrogen and oxygen atoms in total. The van der Waals surface area contributed by atoms with Crippen molar-refractivity contribution in [2.45, 2.75) is 147 Å². The van der Waals surface area contributed by atoms with E-state index in [4.69, 9.17) is 9.47 Å². The van der Waals surface area contributed by atoms with Crippen molar-refractivity contribution in [3.05, 3.63) is 24.8 Å². The van der Waals surface area contributed by atoms with Crippen LogP contribution >= 0.6 is 12.6 Å². The Hall–Kier alpha value is -0.740. The van der Waals surface area contributed by atoms with Crippen molar-refractivity contribution in [3.8, 4) is 0 Å². The Kier molecular flexibility index (Phi) is 28.0. The summed E-state index contributed by atoms with van der Waals surface area (Å²) in [6.07, 6.45) is 10.8. The average Bonchev–Trinajstić information content (AvgIpc) is 2.66. The van der Waals surface area contributed by atoms with Gasteiger partial charge in [-0.3, -0.25) is 4.79 Å². The molecule has 35 heavy (non-hydrogen) atoms. The van der Waals surface area contributed by atoms with Crippen LogP contribution in [0.1, 0.15) is 130 Å². The van der Waals surface area contributed by atoms with E-state index >= 15 is 0 Å². The predicted octanol–water partition coefficient (Wildman–Crippen LogP) is 10.3. The van der Waals surface area contributed by atoms with Gasteiger partial charge in [-0.05, 0) is 62.2 Å². The number of allylic oxidation sites excluding steroid dienone is 3. The number of rotatable bonds is 4. The molecule has 1 heterocycles. The minimum atomic E-state index is -0.188. The largest absolute Gasteiger partial charge is 0.462 e. The number of carbonyl (C=O) groups is 1. The zero-order chi connectivity index (χ0) is 28.8. The predicted molar refractivity (Wildman–Crippen MR) is 162 cm³/mol. The van der Waals surface area contributed by atoms with Crippen LogP contribution in [0.25, 0.3) is 0 Å². The molecule has 0 aromatic heterocycles. The van der Waals surface area contributed by atoms with Crippen LogP contribution in [0.5, 0.6) is 0 Å². The zero-order valence-electron chi connectivity index (χ0n) is 26.3. The minimum Gasteiger partial charge on any atom is -0.462 e. The number of thiol groups is 1. The number of hydrogen-bond donors (Lipinski definition) is 1. The second-order valence-electron chi connectivity index (χ2n) is 11.6. The van der Waals surface area contributed by atoms with Gasteiger partial charge in [-0.2, -0.15) is 0 Å². The van der Waals surface area contributed by atoms with E-state index in [2.05, 4.69) is 93.7 Å². The highest BCUT2D eigenvalue weighted by Crippen LogP contribution is 2.33. The van der Waals surface area contributed by atoms with Crippen LogP contribution in [-0.2, 0) is 14.3 Å². The fourth-order valence-corrected chi connectivity index (χ4v) is 4.03. The lowest BCUT2D eigenvalue weighted by Gasteiger charge is -2.35. The average molecular weight is 517 g/mol. The van der Waals surface area contributed by atoms with Gasteiger partial charge in [0.15, 0.2) is 0 Å². The molecule has 0 spiro atoms. The molecule has 4 heteroatoms. The number of esters is 1. The summed E-state index contributed by atoms with van der Waals surface area (Å²) in [4.78, 5) is 10.6. The van der Waals surface area contributed by atoms with Gasteiger partial charge in [0.1, 0.15) is 11.5 Å². The first-order valence-electron chi connectivity index (χ1n) is 13.6. The van der Waals surface area contributed by atoms with E-state index < -0.39 is 0 Å². The van der Waals surface area contributed by atoms with Crippen molar-refractivity contribution in [3.63, 3.8) is 0 Å². The van der Waals surface area contributed by atoms with Gasteiger partial charge in [-0.1, -0.05) is 101 Å². The van der Waals surface area contributed by atoms with Gasteiger partial charge < -0.3 is 9.47 Å². The minimum absolute atomic E-state index is 0.0417. The molecule has 0 amide bonds. The molecule has 0 saturated carbocycles. The van der Waals surface area contributed by atoms with Gasteiger partial charge in [-0.15, -0.1) is 19.2 Å². The maximum Gasteiger partial charge on any atom is 0.302 e. The summed E-state index contributed by atoms with van der Waals surface area (Å²) >= 11 is 4.41. The highest BCUT2D eigenvalue weighted by molar-refractivity contribution is 7.80. The van der Waals surface area contributed by atoms with Crippen molar-refractivity contribution in [1.82, 2.24) is 0 Å². The Morgan fingerprint density at radius 1 is 1.11 bits per heavy atom. The van der Waals surface area contributed by atoms with Crippen LogP contribution in [0.4, 0.5) is 0 Å². The van der Waals surface area contributed by atoms with Crippen molar-refractivity contribution in [1.29, 1.82) is 0 Å². The van der Waals surface area contributed by atoms with Crippen LogP contribution in [0.2, 0.25) is 0 Å². The van der Waals surface area contributed by atoms with E-state index in [1.165, 1.54) is 13.3 Å². The quantitative estimate of drug-likeness (QED) is 0.229. The van der Waals surface area contributed by atoms with Gasteiger partial charge in [0.2, 0.25) is 0 Å². The molecule has 0 bridgehead atoms. The molecule has 1 fully saturated rings. The molecule has 0 aromatic carbocycles. The second kappa shape index (κ2) is 23.6. The first kappa shape index (κ1) is 41.4. The molecule has 0 aromatic rings. The van der Waals surface area contributed by atoms with Crippen LogP contribution < -0.4 is 0 Å². The topological polar surface area (TPSA) is 35.5 Å². The van der Waals surface area contributed by atoms with E-state index in [-0.39, 0.29) is 22.9 Å².